The van der Waals surface area contributed by atoms with Crippen LogP contribution in [0.25, 0.3) is 0 Å². The van der Waals surface area contributed by atoms with Gasteiger partial charge in [0.25, 0.3) is 5.91 Å². The molecule has 1 heterocycles. The van der Waals surface area contributed by atoms with Gasteiger partial charge < -0.3 is 10.6 Å². The molecule has 1 fully saturated rings. The number of nitrogens with one attached hydrogen (secondary N) is 2. The van der Waals surface area contributed by atoms with E-state index < -0.39 is 12.1 Å². The first kappa shape index (κ1) is 18.0. The number of benzene rings is 1. The van der Waals surface area contributed by atoms with Gasteiger partial charge in [-0.25, -0.2) is 4.79 Å². The molecular formula is C18H25N3O3. The molecule has 1 aromatic carbocycles. The van der Waals surface area contributed by atoms with Crippen LogP contribution in [-0.2, 0) is 16.1 Å². The fraction of sp³-hybridized carbons (Fsp3) is 0.500. The molecule has 2 rings (SSSR count). The van der Waals surface area contributed by atoms with Crippen LogP contribution in [0, 0.1) is 5.92 Å². The predicted molar refractivity (Wildman–Crippen MR) is 91.0 cm³/mol. The van der Waals surface area contributed by atoms with Crippen molar-refractivity contribution in [2.75, 3.05) is 6.54 Å². The Hall–Kier alpha value is -2.37. The Labute approximate surface area is 142 Å². The third-order valence-electron chi connectivity index (χ3n) is 3.99. The minimum absolute atomic E-state index is 0.0841. The van der Waals surface area contributed by atoms with Gasteiger partial charge in [-0.1, -0.05) is 44.2 Å². The van der Waals surface area contributed by atoms with Crippen LogP contribution in [0.3, 0.4) is 0 Å². The molecule has 0 aromatic heterocycles. The lowest BCUT2D eigenvalue weighted by Crippen LogP contribution is -2.32. The van der Waals surface area contributed by atoms with Crippen LogP contribution < -0.4 is 10.6 Å². The van der Waals surface area contributed by atoms with Gasteiger partial charge in [0.1, 0.15) is 6.04 Å². The van der Waals surface area contributed by atoms with Crippen molar-refractivity contribution in [3.05, 3.63) is 35.9 Å². The van der Waals surface area contributed by atoms with Gasteiger partial charge in [0.05, 0.1) is 6.54 Å². The maximum Gasteiger partial charge on any atom is 0.325 e. The molecule has 0 radical (unpaired) electrons. The van der Waals surface area contributed by atoms with Crippen molar-refractivity contribution in [2.45, 2.75) is 45.7 Å². The van der Waals surface area contributed by atoms with Gasteiger partial charge in [-0.3, -0.25) is 14.5 Å². The van der Waals surface area contributed by atoms with Crippen molar-refractivity contribution in [3.63, 3.8) is 0 Å². The maximum atomic E-state index is 12.3. The summed E-state index contributed by atoms with van der Waals surface area (Å²) >= 11 is 0. The van der Waals surface area contributed by atoms with Crippen LogP contribution >= 0.6 is 0 Å². The SMILES string of the molecule is CC(C)CCNC(=O)CCC1NC(=O)N(Cc2ccccc2)C1=O. The van der Waals surface area contributed by atoms with Crippen LogP contribution in [0.1, 0.15) is 38.7 Å². The first-order chi connectivity index (χ1) is 11.5. The second-order valence-corrected chi connectivity index (χ2v) is 6.48. The molecule has 2 N–H and O–H groups in total. The summed E-state index contributed by atoms with van der Waals surface area (Å²) in [6.45, 7) is 5.09. The number of hydrogen-bond acceptors (Lipinski definition) is 3. The number of carbonyl (C=O) groups excluding carboxylic acids is 3. The fourth-order valence-corrected chi connectivity index (χ4v) is 2.55. The monoisotopic (exact) mass is 331 g/mol. The largest absolute Gasteiger partial charge is 0.356 e. The van der Waals surface area contributed by atoms with E-state index in [2.05, 4.69) is 24.5 Å². The Kier molecular flexibility index (Phi) is 6.35. The third-order valence-corrected chi connectivity index (χ3v) is 3.99. The lowest BCUT2D eigenvalue weighted by Gasteiger charge is -2.13. The van der Waals surface area contributed by atoms with Gasteiger partial charge in [0, 0.05) is 13.0 Å². The average Bonchev–Trinajstić information content (AvgIpc) is 2.81. The van der Waals surface area contributed by atoms with Crippen LogP contribution in [0.4, 0.5) is 4.79 Å². The summed E-state index contributed by atoms with van der Waals surface area (Å²) in [5, 5.41) is 5.50. The van der Waals surface area contributed by atoms with Crippen molar-refractivity contribution < 1.29 is 14.4 Å². The molecule has 130 valence electrons. The molecule has 0 saturated carbocycles. The van der Waals surface area contributed by atoms with E-state index in [9.17, 15) is 14.4 Å². The molecule has 0 spiro atoms. The van der Waals surface area contributed by atoms with E-state index in [0.29, 0.717) is 18.9 Å². The Morgan fingerprint density at radius 2 is 1.96 bits per heavy atom. The lowest BCUT2D eigenvalue weighted by molar-refractivity contribution is -0.128. The molecule has 1 aliphatic heterocycles. The first-order valence-corrected chi connectivity index (χ1v) is 8.40. The number of urea groups is 1. The Bertz CT molecular complexity index is 586. The van der Waals surface area contributed by atoms with Crippen LogP contribution in [-0.4, -0.2) is 35.3 Å². The highest BCUT2D eigenvalue weighted by Gasteiger charge is 2.37. The van der Waals surface area contributed by atoms with E-state index in [0.717, 1.165) is 12.0 Å². The normalized spacial score (nSPS) is 17.3. The highest BCUT2D eigenvalue weighted by molar-refractivity contribution is 6.04. The highest BCUT2D eigenvalue weighted by Crippen LogP contribution is 2.15. The smallest absolute Gasteiger partial charge is 0.325 e. The van der Waals surface area contributed by atoms with E-state index in [4.69, 9.17) is 0 Å². The summed E-state index contributed by atoms with van der Waals surface area (Å²) in [5.74, 6) is 0.186. The number of hydrogen-bond donors (Lipinski definition) is 2. The third kappa shape index (κ3) is 5.08. The second-order valence-electron chi connectivity index (χ2n) is 6.48. The summed E-state index contributed by atoms with van der Waals surface area (Å²) in [7, 11) is 0. The van der Waals surface area contributed by atoms with E-state index in [1.54, 1.807) is 0 Å². The van der Waals surface area contributed by atoms with Crippen molar-refractivity contribution in [3.8, 4) is 0 Å². The molecule has 0 aliphatic carbocycles. The maximum absolute atomic E-state index is 12.3. The number of carbonyl (C=O) groups is 3. The summed E-state index contributed by atoms with van der Waals surface area (Å²) < 4.78 is 0. The average molecular weight is 331 g/mol. The van der Waals surface area contributed by atoms with Crippen molar-refractivity contribution >= 4 is 17.8 Å². The quantitative estimate of drug-likeness (QED) is 0.716. The predicted octanol–water partition coefficient (Wildman–Crippen LogP) is 2.05. The summed E-state index contributed by atoms with van der Waals surface area (Å²) in [6, 6.07) is 8.35. The minimum Gasteiger partial charge on any atom is -0.356 e. The topological polar surface area (TPSA) is 78.5 Å². The lowest BCUT2D eigenvalue weighted by atomic mass is 10.1. The standard InChI is InChI=1S/C18H25N3O3/c1-13(2)10-11-19-16(22)9-8-15-17(23)21(18(24)20-15)12-14-6-4-3-5-7-14/h3-7,13,15H,8-12H2,1-2H3,(H,19,22)(H,20,24). The molecular weight excluding hydrogens is 306 g/mol. The van der Waals surface area contributed by atoms with Crippen LogP contribution in [0.2, 0.25) is 0 Å². The fourth-order valence-electron chi connectivity index (χ4n) is 2.55. The second kappa shape index (κ2) is 8.47. The highest BCUT2D eigenvalue weighted by atomic mass is 16.2. The first-order valence-electron chi connectivity index (χ1n) is 8.40. The zero-order valence-electron chi connectivity index (χ0n) is 14.2. The summed E-state index contributed by atoms with van der Waals surface area (Å²) in [5.41, 5.74) is 0.896. The van der Waals surface area contributed by atoms with Crippen molar-refractivity contribution in [2.24, 2.45) is 5.92 Å². The molecule has 1 aromatic rings. The number of rotatable bonds is 8. The minimum atomic E-state index is -0.614. The van der Waals surface area contributed by atoms with Gasteiger partial charge in [-0.05, 0) is 24.3 Å². The molecule has 24 heavy (non-hydrogen) atoms. The van der Waals surface area contributed by atoms with E-state index >= 15 is 0 Å². The van der Waals surface area contributed by atoms with Gasteiger partial charge in [-0.2, -0.15) is 0 Å². The summed E-state index contributed by atoms with van der Waals surface area (Å²) in [6.07, 6.45) is 1.48. The van der Waals surface area contributed by atoms with Gasteiger partial charge >= 0.3 is 6.03 Å². The Morgan fingerprint density at radius 3 is 2.62 bits per heavy atom. The summed E-state index contributed by atoms with van der Waals surface area (Å²) in [4.78, 5) is 37.3. The molecule has 1 aliphatic rings. The zero-order valence-corrected chi connectivity index (χ0v) is 14.2. The van der Waals surface area contributed by atoms with Gasteiger partial charge in [-0.15, -0.1) is 0 Å². The van der Waals surface area contributed by atoms with E-state index in [1.165, 1.54) is 4.90 Å². The van der Waals surface area contributed by atoms with E-state index in [1.807, 2.05) is 30.3 Å². The molecule has 6 heteroatoms. The van der Waals surface area contributed by atoms with Crippen molar-refractivity contribution in [1.82, 2.24) is 15.5 Å². The molecule has 6 nitrogen and oxygen atoms in total. The number of amides is 4. The van der Waals surface area contributed by atoms with Crippen LogP contribution in [0.5, 0.6) is 0 Å². The van der Waals surface area contributed by atoms with Gasteiger partial charge in [0.2, 0.25) is 5.91 Å². The molecule has 1 saturated heterocycles. The van der Waals surface area contributed by atoms with E-state index in [-0.39, 0.29) is 24.8 Å². The number of nitrogens with zero attached hydrogens (tertiary/aromatic N) is 1. The zero-order chi connectivity index (χ0) is 17.5. The molecule has 1 unspecified atom stereocenters. The van der Waals surface area contributed by atoms with Gasteiger partial charge in [0.15, 0.2) is 0 Å². The Balaban J connectivity index is 1.80. The van der Waals surface area contributed by atoms with Crippen LogP contribution in [0.15, 0.2) is 30.3 Å². The molecule has 1 atom stereocenters. The number of imide groups is 1. The Morgan fingerprint density at radius 1 is 1.25 bits per heavy atom. The molecule has 0 bridgehead atoms. The molecule has 4 amide bonds. The van der Waals surface area contributed by atoms with Crippen molar-refractivity contribution in [1.29, 1.82) is 0 Å².